The van der Waals surface area contributed by atoms with Crippen molar-refractivity contribution in [3.05, 3.63) is 40.8 Å². The van der Waals surface area contributed by atoms with Crippen molar-refractivity contribution in [3.63, 3.8) is 0 Å². The number of carboxylic acids is 1. The molecule has 1 aliphatic heterocycles. The van der Waals surface area contributed by atoms with E-state index >= 15 is 0 Å². The minimum absolute atomic E-state index is 0.0574. The Bertz CT molecular complexity index is 1080. The number of carboxylic acid groups (broad SMARTS) is 1. The first kappa shape index (κ1) is 22.7. The van der Waals surface area contributed by atoms with Crippen molar-refractivity contribution in [2.75, 3.05) is 17.6 Å². The predicted octanol–water partition coefficient (Wildman–Crippen LogP) is -0.0872. The summed E-state index contributed by atoms with van der Waals surface area (Å²) in [4.78, 5) is 28.0. The second-order valence-electron chi connectivity index (χ2n) is 7.32. The zero-order valence-electron chi connectivity index (χ0n) is 17.2. The molecular formula is C19H26N6O5S. The Balaban J connectivity index is 1.75. The minimum atomic E-state index is -3.76. The normalized spacial score (nSPS) is 14.5. The number of carbonyl (C=O) groups excluding carboxylic acids is 1. The van der Waals surface area contributed by atoms with Gasteiger partial charge < -0.3 is 16.2 Å². The van der Waals surface area contributed by atoms with E-state index in [1.165, 1.54) is 23.4 Å². The predicted molar refractivity (Wildman–Crippen MR) is 113 cm³/mol. The Hall–Kier alpha value is -2.99. The first-order chi connectivity index (χ1) is 14.7. The monoisotopic (exact) mass is 450 g/mol. The summed E-state index contributed by atoms with van der Waals surface area (Å²) in [6, 6.07) is 2.54. The molecule has 0 saturated heterocycles. The lowest BCUT2D eigenvalue weighted by molar-refractivity contribution is -0.138. The molecule has 0 saturated carbocycles. The molecule has 11 nitrogen and oxygen atoms in total. The van der Waals surface area contributed by atoms with Gasteiger partial charge in [-0.15, -0.1) is 0 Å². The molecule has 3 heterocycles. The topological polar surface area (TPSA) is 169 Å². The van der Waals surface area contributed by atoms with Crippen molar-refractivity contribution in [1.82, 2.24) is 19.5 Å². The molecule has 2 aromatic heterocycles. The minimum Gasteiger partial charge on any atom is -0.480 e. The van der Waals surface area contributed by atoms with Gasteiger partial charge in [0.15, 0.2) is 0 Å². The number of primary amides is 1. The molecule has 31 heavy (non-hydrogen) atoms. The molecule has 0 radical (unpaired) electrons. The number of carbonyl (C=O) groups is 2. The molecular weight excluding hydrogens is 424 g/mol. The summed E-state index contributed by atoms with van der Waals surface area (Å²) >= 11 is 0. The van der Waals surface area contributed by atoms with Gasteiger partial charge in [0.1, 0.15) is 11.9 Å². The van der Waals surface area contributed by atoms with Crippen LogP contribution in [0.15, 0.2) is 18.3 Å². The molecule has 0 aliphatic carbocycles. The fourth-order valence-electron chi connectivity index (χ4n) is 3.34. The molecule has 1 aliphatic rings. The van der Waals surface area contributed by atoms with Crippen LogP contribution in [0.1, 0.15) is 40.7 Å². The lowest BCUT2D eigenvalue weighted by Gasteiger charge is -2.17. The van der Waals surface area contributed by atoms with Gasteiger partial charge in [0.05, 0.1) is 17.0 Å². The molecule has 0 spiro atoms. The third-order valence-electron chi connectivity index (χ3n) is 5.05. The van der Waals surface area contributed by atoms with Gasteiger partial charge in [-0.25, -0.2) is 18.1 Å². The fraction of sp³-hybridized carbons (Fsp3) is 0.474. The van der Waals surface area contributed by atoms with E-state index in [2.05, 4.69) is 20.1 Å². The second-order valence-corrected chi connectivity index (χ2v) is 9.37. The smallest absolute Gasteiger partial charge is 0.322 e. The van der Waals surface area contributed by atoms with Crippen LogP contribution in [-0.4, -0.2) is 58.5 Å². The Labute approximate surface area is 180 Å². The third kappa shape index (κ3) is 5.79. The van der Waals surface area contributed by atoms with Crippen LogP contribution in [-0.2, 0) is 40.6 Å². The summed E-state index contributed by atoms with van der Waals surface area (Å²) in [7, 11) is -3.76. The molecule has 3 rings (SSSR count). The lowest BCUT2D eigenvalue weighted by Crippen LogP contribution is -2.43. The number of sulfonamides is 1. The molecule has 0 aromatic carbocycles. The summed E-state index contributed by atoms with van der Waals surface area (Å²) in [6.07, 6.45) is 3.75. The number of rotatable bonds is 10. The molecule has 0 bridgehead atoms. The summed E-state index contributed by atoms with van der Waals surface area (Å²) in [5, 5.41) is 17.0. The number of anilines is 1. The number of nitrogens with zero attached hydrogens (tertiary/aromatic N) is 3. The van der Waals surface area contributed by atoms with Gasteiger partial charge in [-0.05, 0) is 31.4 Å². The zero-order chi connectivity index (χ0) is 22.6. The van der Waals surface area contributed by atoms with Crippen molar-refractivity contribution in [1.29, 1.82) is 0 Å². The van der Waals surface area contributed by atoms with Gasteiger partial charge >= 0.3 is 5.97 Å². The Kier molecular flexibility index (Phi) is 6.91. The lowest BCUT2D eigenvalue weighted by atomic mass is 10.1. The van der Waals surface area contributed by atoms with E-state index in [0.29, 0.717) is 13.0 Å². The number of aromatic nitrogens is 3. The maximum atomic E-state index is 11.8. The average molecular weight is 451 g/mol. The van der Waals surface area contributed by atoms with E-state index in [0.717, 1.165) is 30.9 Å². The number of aliphatic carboxylic acids is 1. The number of amides is 1. The van der Waals surface area contributed by atoms with Crippen molar-refractivity contribution >= 4 is 27.7 Å². The second kappa shape index (κ2) is 9.43. The van der Waals surface area contributed by atoms with E-state index in [1.807, 2.05) is 12.1 Å². The SMILES string of the molecule is CCS(=O)(=O)N[C@@H](Cc1nn(CCc2ccc3c(n2)NCCC3)cc1C(N)=O)C(=O)O. The van der Waals surface area contributed by atoms with E-state index in [-0.39, 0.29) is 23.4 Å². The molecule has 2 aromatic rings. The molecule has 1 amide bonds. The summed E-state index contributed by atoms with van der Waals surface area (Å²) in [5.74, 6) is -1.51. The molecule has 1 atom stereocenters. The highest BCUT2D eigenvalue weighted by Crippen LogP contribution is 2.20. The number of pyridine rings is 1. The average Bonchev–Trinajstić information content (AvgIpc) is 3.14. The number of fused-ring (bicyclic) bond motifs is 1. The zero-order valence-corrected chi connectivity index (χ0v) is 18.0. The van der Waals surface area contributed by atoms with Crippen LogP contribution in [0.4, 0.5) is 5.82 Å². The Morgan fingerprint density at radius 2 is 2.16 bits per heavy atom. The van der Waals surface area contributed by atoms with E-state index in [9.17, 15) is 23.1 Å². The van der Waals surface area contributed by atoms with Gasteiger partial charge in [0.25, 0.3) is 5.91 Å². The largest absolute Gasteiger partial charge is 0.480 e. The number of hydrogen-bond acceptors (Lipinski definition) is 7. The van der Waals surface area contributed by atoms with Gasteiger partial charge in [-0.2, -0.15) is 5.10 Å². The summed E-state index contributed by atoms with van der Waals surface area (Å²) in [5.41, 5.74) is 7.63. The van der Waals surface area contributed by atoms with Gasteiger partial charge in [0.2, 0.25) is 10.0 Å². The molecule has 5 N–H and O–H groups in total. The number of nitrogens with one attached hydrogen (secondary N) is 2. The van der Waals surface area contributed by atoms with Crippen LogP contribution in [0.25, 0.3) is 0 Å². The van der Waals surface area contributed by atoms with E-state index in [1.54, 1.807) is 0 Å². The van der Waals surface area contributed by atoms with Crippen molar-refractivity contribution in [3.8, 4) is 0 Å². The molecule has 168 valence electrons. The number of nitrogens with two attached hydrogens (primary N) is 1. The fourth-order valence-corrected chi connectivity index (χ4v) is 4.13. The van der Waals surface area contributed by atoms with Gasteiger partial charge in [-0.1, -0.05) is 6.07 Å². The number of aryl methyl sites for hydroxylation is 3. The molecule has 12 heteroatoms. The molecule has 0 fully saturated rings. The number of hydrogen-bond donors (Lipinski definition) is 4. The highest BCUT2D eigenvalue weighted by Gasteiger charge is 2.27. The standard InChI is InChI=1S/C19H26N6O5S/c1-2-31(29,30)24-16(19(27)28)10-15-14(17(20)26)11-25(23-15)9-7-13-6-5-12-4-3-8-21-18(12)22-13/h5-6,11,16,24H,2-4,7-10H2,1H3,(H2,20,26)(H,21,22)(H,27,28)/t16-/m0/s1. The van der Waals surface area contributed by atoms with Crippen molar-refractivity contribution in [2.45, 2.75) is 45.2 Å². The van der Waals surface area contributed by atoms with Crippen molar-refractivity contribution in [2.24, 2.45) is 5.73 Å². The first-order valence-corrected chi connectivity index (χ1v) is 11.7. The third-order valence-corrected chi connectivity index (χ3v) is 6.45. The quantitative estimate of drug-likeness (QED) is 0.389. The van der Waals surface area contributed by atoms with Gasteiger partial charge in [-0.3, -0.25) is 14.3 Å². The maximum Gasteiger partial charge on any atom is 0.322 e. The van der Waals surface area contributed by atoms with Crippen LogP contribution >= 0.6 is 0 Å². The van der Waals surface area contributed by atoms with Crippen LogP contribution in [0.3, 0.4) is 0 Å². The Morgan fingerprint density at radius 3 is 2.84 bits per heavy atom. The highest BCUT2D eigenvalue weighted by molar-refractivity contribution is 7.89. The molecule has 0 unspecified atom stereocenters. The van der Waals surface area contributed by atoms with Crippen LogP contribution in [0.5, 0.6) is 0 Å². The summed E-state index contributed by atoms with van der Waals surface area (Å²) in [6.45, 7) is 2.68. The maximum absolute atomic E-state index is 11.8. The Morgan fingerprint density at radius 1 is 1.39 bits per heavy atom. The van der Waals surface area contributed by atoms with Crippen LogP contribution < -0.4 is 15.8 Å². The summed E-state index contributed by atoms with van der Waals surface area (Å²) < 4.78 is 27.2. The van der Waals surface area contributed by atoms with Crippen molar-refractivity contribution < 1.29 is 23.1 Å². The highest BCUT2D eigenvalue weighted by atomic mass is 32.2. The van der Waals surface area contributed by atoms with Crippen LogP contribution in [0.2, 0.25) is 0 Å². The van der Waals surface area contributed by atoms with Gasteiger partial charge in [0, 0.05) is 37.8 Å². The van der Waals surface area contributed by atoms with Crippen LogP contribution in [0, 0.1) is 0 Å². The van der Waals surface area contributed by atoms with E-state index < -0.39 is 27.9 Å². The first-order valence-electron chi connectivity index (χ1n) is 10.00. The van der Waals surface area contributed by atoms with E-state index in [4.69, 9.17) is 5.73 Å².